The monoisotopic (exact) mass is 263 g/mol. The van der Waals surface area contributed by atoms with Crippen LogP contribution in [0.1, 0.15) is 11.4 Å². The minimum absolute atomic E-state index is 0.531. The Hall–Kier alpha value is -2.87. The van der Waals surface area contributed by atoms with Crippen molar-refractivity contribution in [2.24, 2.45) is 7.05 Å². The molecule has 98 valence electrons. The van der Waals surface area contributed by atoms with Crippen LogP contribution in [0.15, 0.2) is 42.7 Å². The number of hydrogen-bond donors (Lipinski definition) is 1. The predicted molar refractivity (Wildman–Crippen MR) is 77.0 cm³/mol. The fourth-order valence-electron chi connectivity index (χ4n) is 2.07. The number of pyridine rings is 1. The lowest BCUT2D eigenvalue weighted by molar-refractivity contribution is 0.811. The SMILES string of the molecule is Cn1ccnc1CNc1nc2ccccc2cc1C#N. The largest absolute Gasteiger partial charge is 0.362 e. The highest BCUT2D eigenvalue weighted by Gasteiger charge is 2.07. The number of rotatable bonds is 3. The Morgan fingerprint density at radius 2 is 2.20 bits per heavy atom. The first-order chi connectivity index (χ1) is 9.78. The summed E-state index contributed by atoms with van der Waals surface area (Å²) in [6, 6.07) is 11.8. The Labute approximate surface area is 116 Å². The lowest BCUT2D eigenvalue weighted by Crippen LogP contribution is -2.08. The molecule has 3 rings (SSSR count). The normalized spacial score (nSPS) is 10.4. The zero-order valence-electron chi connectivity index (χ0n) is 11.0. The number of para-hydroxylation sites is 1. The van der Waals surface area contributed by atoms with Crippen molar-refractivity contribution in [3.8, 4) is 6.07 Å². The molecule has 2 heterocycles. The van der Waals surface area contributed by atoms with Gasteiger partial charge in [-0.3, -0.25) is 0 Å². The van der Waals surface area contributed by atoms with Gasteiger partial charge in [0.15, 0.2) is 0 Å². The average Bonchev–Trinajstić information content (AvgIpc) is 2.89. The van der Waals surface area contributed by atoms with E-state index in [9.17, 15) is 5.26 Å². The van der Waals surface area contributed by atoms with E-state index < -0.39 is 0 Å². The summed E-state index contributed by atoms with van der Waals surface area (Å²) in [5, 5.41) is 13.4. The van der Waals surface area contributed by atoms with Crippen LogP contribution < -0.4 is 5.32 Å². The maximum Gasteiger partial charge on any atom is 0.145 e. The molecule has 0 fully saturated rings. The molecule has 0 aliphatic rings. The highest BCUT2D eigenvalue weighted by Crippen LogP contribution is 2.20. The van der Waals surface area contributed by atoms with Gasteiger partial charge in [0.05, 0.1) is 17.6 Å². The second kappa shape index (κ2) is 5.02. The zero-order chi connectivity index (χ0) is 13.9. The minimum Gasteiger partial charge on any atom is -0.362 e. The molecule has 0 saturated heterocycles. The van der Waals surface area contributed by atoms with Gasteiger partial charge in [0, 0.05) is 24.8 Å². The highest BCUT2D eigenvalue weighted by molar-refractivity contribution is 5.82. The fourth-order valence-corrected chi connectivity index (χ4v) is 2.07. The van der Waals surface area contributed by atoms with Crippen LogP contribution in [-0.2, 0) is 13.6 Å². The molecule has 0 aliphatic carbocycles. The standard InChI is InChI=1S/C15H13N5/c1-20-7-6-17-14(20)10-18-15-12(9-16)8-11-4-2-3-5-13(11)19-15/h2-8H,10H2,1H3,(H,18,19). The van der Waals surface area contributed by atoms with Crippen molar-refractivity contribution in [1.82, 2.24) is 14.5 Å². The van der Waals surface area contributed by atoms with Crippen molar-refractivity contribution < 1.29 is 0 Å². The van der Waals surface area contributed by atoms with Crippen LogP contribution in [0.5, 0.6) is 0 Å². The topological polar surface area (TPSA) is 66.5 Å². The Balaban J connectivity index is 1.94. The van der Waals surface area contributed by atoms with Crippen molar-refractivity contribution in [2.45, 2.75) is 6.54 Å². The summed E-state index contributed by atoms with van der Waals surface area (Å²) in [6.07, 6.45) is 3.63. The summed E-state index contributed by atoms with van der Waals surface area (Å²) in [4.78, 5) is 8.74. The van der Waals surface area contributed by atoms with Crippen LogP contribution in [-0.4, -0.2) is 14.5 Å². The molecular formula is C15H13N5. The van der Waals surface area contributed by atoms with E-state index in [0.29, 0.717) is 17.9 Å². The third kappa shape index (κ3) is 2.19. The molecule has 0 unspecified atom stereocenters. The van der Waals surface area contributed by atoms with Gasteiger partial charge in [-0.05, 0) is 12.1 Å². The summed E-state index contributed by atoms with van der Waals surface area (Å²) in [7, 11) is 1.93. The maximum absolute atomic E-state index is 9.24. The first-order valence-corrected chi connectivity index (χ1v) is 6.28. The predicted octanol–water partition coefficient (Wildman–Crippen LogP) is 2.45. The molecule has 0 aliphatic heterocycles. The van der Waals surface area contributed by atoms with Gasteiger partial charge in [0.1, 0.15) is 17.7 Å². The first-order valence-electron chi connectivity index (χ1n) is 6.28. The fraction of sp³-hybridized carbons (Fsp3) is 0.133. The van der Waals surface area contributed by atoms with Gasteiger partial charge in [-0.25, -0.2) is 9.97 Å². The first kappa shape index (κ1) is 12.2. The van der Waals surface area contributed by atoms with Crippen LogP contribution in [0.2, 0.25) is 0 Å². The summed E-state index contributed by atoms with van der Waals surface area (Å²) in [5.74, 6) is 1.48. The highest BCUT2D eigenvalue weighted by atomic mass is 15.1. The van der Waals surface area contributed by atoms with Crippen LogP contribution >= 0.6 is 0 Å². The van der Waals surface area contributed by atoms with E-state index in [-0.39, 0.29) is 0 Å². The second-order valence-electron chi connectivity index (χ2n) is 4.50. The maximum atomic E-state index is 9.24. The molecule has 20 heavy (non-hydrogen) atoms. The minimum atomic E-state index is 0.531. The Morgan fingerprint density at radius 3 is 2.95 bits per heavy atom. The van der Waals surface area contributed by atoms with Crippen molar-refractivity contribution in [1.29, 1.82) is 5.26 Å². The van der Waals surface area contributed by atoms with Gasteiger partial charge in [-0.1, -0.05) is 18.2 Å². The number of anilines is 1. The van der Waals surface area contributed by atoms with Gasteiger partial charge in [0.2, 0.25) is 0 Å². The average molecular weight is 263 g/mol. The van der Waals surface area contributed by atoms with Crippen molar-refractivity contribution in [3.05, 3.63) is 54.1 Å². The molecule has 0 radical (unpaired) electrons. The lowest BCUT2D eigenvalue weighted by Gasteiger charge is -2.08. The molecule has 1 aromatic carbocycles. The number of fused-ring (bicyclic) bond motifs is 1. The summed E-state index contributed by atoms with van der Waals surface area (Å²) in [5.41, 5.74) is 1.41. The Kier molecular flexibility index (Phi) is 3.05. The van der Waals surface area contributed by atoms with Gasteiger partial charge in [-0.15, -0.1) is 0 Å². The van der Waals surface area contributed by atoms with E-state index in [1.54, 1.807) is 6.20 Å². The molecule has 0 bridgehead atoms. The van der Waals surface area contributed by atoms with E-state index in [1.165, 1.54) is 0 Å². The number of benzene rings is 1. The number of imidazole rings is 1. The summed E-state index contributed by atoms with van der Waals surface area (Å²) in [6.45, 7) is 0.531. The molecule has 5 heteroatoms. The third-order valence-electron chi connectivity index (χ3n) is 3.18. The third-order valence-corrected chi connectivity index (χ3v) is 3.18. The summed E-state index contributed by atoms with van der Waals surface area (Å²) < 4.78 is 1.93. The van der Waals surface area contributed by atoms with Crippen LogP contribution in [0.4, 0.5) is 5.82 Å². The van der Waals surface area contributed by atoms with E-state index in [1.807, 2.05) is 48.1 Å². The van der Waals surface area contributed by atoms with Crippen molar-refractivity contribution >= 4 is 16.7 Å². The number of aryl methyl sites for hydroxylation is 1. The van der Waals surface area contributed by atoms with Gasteiger partial charge in [-0.2, -0.15) is 5.26 Å². The molecule has 0 atom stereocenters. The molecule has 0 amide bonds. The zero-order valence-corrected chi connectivity index (χ0v) is 11.0. The molecule has 0 spiro atoms. The van der Waals surface area contributed by atoms with Crippen molar-refractivity contribution in [2.75, 3.05) is 5.32 Å². The van der Waals surface area contributed by atoms with Crippen LogP contribution in [0.25, 0.3) is 10.9 Å². The lowest BCUT2D eigenvalue weighted by atomic mass is 10.1. The van der Waals surface area contributed by atoms with Gasteiger partial charge in [0.25, 0.3) is 0 Å². The molecule has 0 saturated carbocycles. The van der Waals surface area contributed by atoms with Crippen molar-refractivity contribution in [3.63, 3.8) is 0 Å². The van der Waals surface area contributed by atoms with E-state index in [4.69, 9.17) is 0 Å². The molecule has 2 aromatic heterocycles. The molecule has 5 nitrogen and oxygen atoms in total. The van der Waals surface area contributed by atoms with Crippen LogP contribution in [0, 0.1) is 11.3 Å². The number of nitriles is 1. The van der Waals surface area contributed by atoms with Gasteiger partial charge < -0.3 is 9.88 Å². The number of nitrogens with zero attached hydrogens (tertiary/aromatic N) is 4. The number of aromatic nitrogens is 3. The smallest absolute Gasteiger partial charge is 0.145 e. The second-order valence-corrected chi connectivity index (χ2v) is 4.50. The quantitative estimate of drug-likeness (QED) is 0.788. The number of hydrogen-bond acceptors (Lipinski definition) is 4. The summed E-state index contributed by atoms with van der Waals surface area (Å²) >= 11 is 0. The number of nitrogens with one attached hydrogen (secondary N) is 1. The van der Waals surface area contributed by atoms with Gasteiger partial charge >= 0.3 is 0 Å². The van der Waals surface area contributed by atoms with E-state index >= 15 is 0 Å². The molecule has 1 N–H and O–H groups in total. The molecular weight excluding hydrogens is 250 g/mol. The Morgan fingerprint density at radius 1 is 1.35 bits per heavy atom. The van der Waals surface area contributed by atoms with E-state index in [0.717, 1.165) is 16.7 Å². The molecule has 3 aromatic rings. The Bertz CT molecular complexity index is 797. The van der Waals surface area contributed by atoms with Crippen LogP contribution in [0.3, 0.4) is 0 Å². The van der Waals surface area contributed by atoms with E-state index in [2.05, 4.69) is 21.4 Å².